The van der Waals surface area contributed by atoms with Gasteiger partial charge in [-0.05, 0) is 12.7 Å². The van der Waals surface area contributed by atoms with Crippen LogP contribution in [-0.2, 0) is 4.79 Å². The summed E-state index contributed by atoms with van der Waals surface area (Å²) in [7, 11) is 0. The van der Waals surface area contributed by atoms with Crippen LogP contribution in [-0.4, -0.2) is 43.2 Å². The summed E-state index contributed by atoms with van der Waals surface area (Å²) >= 11 is 1.68. The summed E-state index contributed by atoms with van der Waals surface area (Å²) in [4.78, 5) is 11.1. The first kappa shape index (κ1) is 15.6. The molecule has 0 rings (SSSR count). The third-order valence-electron chi connectivity index (χ3n) is 1.89. The van der Waals surface area contributed by atoms with Gasteiger partial charge in [0.05, 0.1) is 13.1 Å². The molecule has 0 aliphatic rings. The molecule has 0 saturated carbocycles. The fraction of sp³-hybridized carbons (Fsp3) is 0.889. The van der Waals surface area contributed by atoms with Crippen molar-refractivity contribution < 1.29 is 18.0 Å². The summed E-state index contributed by atoms with van der Waals surface area (Å²) in [6.45, 7) is 1.09. The molecular formula is C9H17F3N2OS. The average molecular weight is 258 g/mol. The maximum absolute atomic E-state index is 11.7. The van der Waals surface area contributed by atoms with Gasteiger partial charge in [0.15, 0.2) is 0 Å². The Morgan fingerprint density at radius 2 is 2.06 bits per heavy atom. The van der Waals surface area contributed by atoms with Crippen LogP contribution in [0.1, 0.15) is 13.3 Å². The highest BCUT2D eigenvalue weighted by Gasteiger charge is 2.26. The Labute approximate surface area is 97.5 Å². The van der Waals surface area contributed by atoms with Crippen LogP contribution in [0.15, 0.2) is 0 Å². The van der Waals surface area contributed by atoms with E-state index in [4.69, 9.17) is 0 Å². The zero-order chi connectivity index (χ0) is 12.6. The zero-order valence-electron chi connectivity index (χ0n) is 9.36. The molecule has 7 heteroatoms. The van der Waals surface area contributed by atoms with Gasteiger partial charge >= 0.3 is 6.18 Å². The second-order valence-corrected chi connectivity index (χ2v) is 4.68. The van der Waals surface area contributed by atoms with Gasteiger partial charge < -0.3 is 10.6 Å². The van der Waals surface area contributed by atoms with E-state index < -0.39 is 18.6 Å². The Kier molecular flexibility index (Phi) is 7.57. The largest absolute Gasteiger partial charge is 0.401 e. The van der Waals surface area contributed by atoms with Crippen molar-refractivity contribution in [2.75, 3.05) is 25.9 Å². The molecule has 1 amide bonds. The number of rotatable bonds is 7. The number of amides is 1. The quantitative estimate of drug-likeness (QED) is 0.725. The van der Waals surface area contributed by atoms with Crippen molar-refractivity contribution in [2.24, 2.45) is 0 Å². The van der Waals surface area contributed by atoms with Gasteiger partial charge in [-0.15, -0.1) is 0 Å². The number of carbonyl (C=O) groups is 1. The minimum atomic E-state index is -4.27. The third-order valence-corrected chi connectivity index (χ3v) is 2.93. The average Bonchev–Trinajstić information content (AvgIpc) is 2.15. The lowest BCUT2D eigenvalue weighted by Crippen LogP contribution is -2.38. The van der Waals surface area contributed by atoms with Gasteiger partial charge in [0.1, 0.15) is 0 Å². The molecule has 3 nitrogen and oxygen atoms in total. The summed E-state index contributed by atoms with van der Waals surface area (Å²) < 4.78 is 35.1. The Bertz CT molecular complexity index is 211. The molecule has 0 aliphatic heterocycles. The number of hydrogen-bond donors (Lipinski definition) is 2. The number of hydrogen-bond acceptors (Lipinski definition) is 3. The van der Waals surface area contributed by atoms with Crippen molar-refractivity contribution in [3.63, 3.8) is 0 Å². The van der Waals surface area contributed by atoms with Crippen molar-refractivity contribution >= 4 is 17.7 Å². The first-order valence-electron chi connectivity index (χ1n) is 4.92. The summed E-state index contributed by atoms with van der Waals surface area (Å²) in [5.74, 6) is -0.405. The van der Waals surface area contributed by atoms with E-state index >= 15 is 0 Å². The molecule has 0 radical (unpaired) electrons. The lowest BCUT2D eigenvalue weighted by Gasteiger charge is -2.10. The summed E-state index contributed by atoms with van der Waals surface area (Å²) in [6.07, 6.45) is -1.49. The van der Waals surface area contributed by atoms with Crippen LogP contribution < -0.4 is 10.6 Å². The zero-order valence-corrected chi connectivity index (χ0v) is 10.2. The lowest BCUT2D eigenvalue weighted by molar-refractivity contribution is -0.128. The smallest absolute Gasteiger partial charge is 0.355 e. The van der Waals surface area contributed by atoms with E-state index in [1.54, 1.807) is 11.8 Å². The first-order valence-corrected chi connectivity index (χ1v) is 6.21. The number of thioether (sulfide) groups is 1. The van der Waals surface area contributed by atoms with Gasteiger partial charge in [0.2, 0.25) is 5.91 Å². The van der Waals surface area contributed by atoms with Crippen LogP contribution in [0.3, 0.4) is 0 Å². The molecule has 0 aromatic heterocycles. The SMILES string of the molecule is CSC(C)CCNC(=O)CNCC(F)(F)F. The van der Waals surface area contributed by atoms with Crippen LogP contribution in [0.5, 0.6) is 0 Å². The minimum absolute atomic E-state index is 0.298. The highest BCUT2D eigenvalue weighted by Crippen LogP contribution is 2.11. The van der Waals surface area contributed by atoms with Crippen LogP contribution >= 0.6 is 11.8 Å². The predicted octanol–water partition coefficient (Wildman–Crippen LogP) is 1.40. The monoisotopic (exact) mass is 258 g/mol. The second kappa shape index (κ2) is 7.78. The molecule has 0 saturated heterocycles. The molecule has 96 valence electrons. The third kappa shape index (κ3) is 10.1. The van der Waals surface area contributed by atoms with Crippen molar-refractivity contribution in [2.45, 2.75) is 24.8 Å². The predicted molar refractivity (Wildman–Crippen MR) is 59.5 cm³/mol. The molecule has 2 N–H and O–H groups in total. The van der Waals surface area contributed by atoms with E-state index in [9.17, 15) is 18.0 Å². The summed E-state index contributed by atoms with van der Waals surface area (Å²) in [5.41, 5.74) is 0. The number of alkyl halides is 3. The Hall–Kier alpha value is -0.430. The van der Waals surface area contributed by atoms with Crippen LogP contribution in [0.2, 0.25) is 0 Å². The van der Waals surface area contributed by atoms with Crippen molar-refractivity contribution in [1.29, 1.82) is 0 Å². The molecule has 0 aliphatic carbocycles. The number of nitrogens with one attached hydrogen (secondary N) is 2. The van der Waals surface area contributed by atoms with E-state index in [1.807, 2.05) is 18.5 Å². The molecule has 0 spiro atoms. The molecule has 0 bridgehead atoms. The van der Waals surface area contributed by atoms with Gasteiger partial charge in [-0.1, -0.05) is 6.92 Å². The standard InChI is InChI=1S/C9H17F3N2OS/c1-7(16-2)3-4-14-8(15)5-13-6-9(10,11)12/h7,13H,3-6H2,1-2H3,(H,14,15). The first-order chi connectivity index (χ1) is 7.35. The van der Waals surface area contributed by atoms with E-state index in [-0.39, 0.29) is 6.54 Å². The number of carbonyl (C=O) groups excluding carboxylic acids is 1. The summed E-state index contributed by atoms with van der Waals surface area (Å²) in [6, 6.07) is 0. The highest BCUT2D eigenvalue weighted by atomic mass is 32.2. The molecule has 0 aromatic carbocycles. The Balaban J connectivity index is 3.46. The Morgan fingerprint density at radius 1 is 1.44 bits per heavy atom. The van der Waals surface area contributed by atoms with Crippen molar-refractivity contribution in [1.82, 2.24) is 10.6 Å². The lowest BCUT2D eigenvalue weighted by atomic mass is 10.3. The highest BCUT2D eigenvalue weighted by molar-refractivity contribution is 7.99. The van der Waals surface area contributed by atoms with E-state index in [1.165, 1.54) is 0 Å². The van der Waals surface area contributed by atoms with Crippen LogP contribution in [0, 0.1) is 0 Å². The molecule has 1 unspecified atom stereocenters. The van der Waals surface area contributed by atoms with Gasteiger partial charge in [0, 0.05) is 11.8 Å². The maximum atomic E-state index is 11.7. The Morgan fingerprint density at radius 3 is 2.56 bits per heavy atom. The van der Waals surface area contributed by atoms with Crippen LogP contribution in [0.4, 0.5) is 13.2 Å². The number of halogens is 3. The van der Waals surface area contributed by atoms with E-state index in [0.717, 1.165) is 6.42 Å². The molecule has 0 fully saturated rings. The maximum Gasteiger partial charge on any atom is 0.401 e. The minimum Gasteiger partial charge on any atom is -0.355 e. The van der Waals surface area contributed by atoms with Gasteiger partial charge in [0.25, 0.3) is 0 Å². The topological polar surface area (TPSA) is 41.1 Å². The van der Waals surface area contributed by atoms with E-state index in [0.29, 0.717) is 11.8 Å². The molecule has 16 heavy (non-hydrogen) atoms. The van der Waals surface area contributed by atoms with Gasteiger partial charge in [-0.3, -0.25) is 4.79 Å². The molecule has 0 heterocycles. The normalized spacial score (nSPS) is 13.6. The summed E-state index contributed by atoms with van der Waals surface area (Å²) in [5, 5.41) is 5.02. The van der Waals surface area contributed by atoms with Crippen molar-refractivity contribution in [3.8, 4) is 0 Å². The fourth-order valence-electron chi connectivity index (χ4n) is 0.913. The fourth-order valence-corrected chi connectivity index (χ4v) is 1.27. The molecule has 0 aromatic rings. The van der Waals surface area contributed by atoms with Crippen LogP contribution in [0.25, 0.3) is 0 Å². The molecular weight excluding hydrogens is 241 g/mol. The molecule has 1 atom stereocenters. The van der Waals surface area contributed by atoms with E-state index in [2.05, 4.69) is 5.32 Å². The van der Waals surface area contributed by atoms with Gasteiger partial charge in [-0.2, -0.15) is 24.9 Å². The van der Waals surface area contributed by atoms with Crippen molar-refractivity contribution in [3.05, 3.63) is 0 Å². The van der Waals surface area contributed by atoms with Gasteiger partial charge in [-0.25, -0.2) is 0 Å². The second-order valence-electron chi connectivity index (χ2n) is 3.40.